The maximum atomic E-state index is 13.6. The van der Waals surface area contributed by atoms with Gasteiger partial charge < -0.3 is 5.32 Å². The van der Waals surface area contributed by atoms with Crippen molar-refractivity contribution in [1.82, 2.24) is 5.32 Å². The van der Waals surface area contributed by atoms with Crippen molar-refractivity contribution in [3.8, 4) is 0 Å². The van der Waals surface area contributed by atoms with E-state index in [9.17, 15) is 9.18 Å². The highest BCUT2D eigenvalue weighted by Gasteiger charge is 2.24. The third-order valence-electron chi connectivity index (χ3n) is 2.59. The molecule has 3 heteroatoms. The minimum absolute atomic E-state index is 0.0101. The molecule has 0 unspecified atom stereocenters. The van der Waals surface area contributed by atoms with Gasteiger partial charge in [-0.05, 0) is 18.9 Å². The van der Waals surface area contributed by atoms with Gasteiger partial charge in [0.2, 0.25) is 5.91 Å². The summed E-state index contributed by atoms with van der Waals surface area (Å²) in [5.41, 5.74) is 1.24. The van der Waals surface area contributed by atoms with E-state index in [1.807, 2.05) is 6.07 Å². The quantitative estimate of drug-likeness (QED) is 0.727. The number of benzene rings is 1. The van der Waals surface area contributed by atoms with E-state index in [0.29, 0.717) is 24.0 Å². The summed E-state index contributed by atoms with van der Waals surface area (Å²) in [7, 11) is 0. The molecule has 2 nitrogen and oxygen atoms in total. The van der Waals surface area contributed by atoms with Crippen LogP contribution in [0.25, 0.3) is 0 Å². The van der Waals surface area contributed by atoms with Crippen LogP contribution in [0, 0.1) is 12.7 Å². The van der Waals surface area contributed by atoms with Gasteiger partial charge in [-0.15, -0.1) is 0 Å². The lowest BCUT2D eigenvalue weighted by Crippen LogP contribution is -2.19. The maximum absolute atomic E-state index is 13.6. The summed E-state index contributed by atoms with van der Waals surface area (Å²) in [6.45, 7) is 1.73. The van der Waals surface area contributed by atoms with Gasteiger partial charge in [0.25, 0.3) is 0 Å². The van der Waals surface area contributed by atoms with E-state index in [-0.39, 0.29) is 17.8 Å². The number of rotatable bonds is 1. The lowest BCUT2D eigenvalue weighted by Gasteiger charge is -2.12. The van der Waals surface area contributed by atoms with Gasteiger partial charge in [-0.3, -0.25) is 4.79 Å². The first-order chi connectivity index (χ1) is 6.68. The molecule has 0 saturated carbocycles. The summed E-state index contributed by atoms with van der Waals surface area (Å²) < 4.78 is 13.6. The van der Waals surface area contributed by atoms with Crippen LogP contribution in [0.3, 0.4) is 0 Å². The van der Waals surface area contributed by atoms with Crippen molar-refractivity contribution in [2.24, 2.45) is 0 Å². The van der Waals surface area contributed by atoms with Gasteiger partial charge in [0, 0.05) is 12.0 Å². The minimum atomic E-state index is -0.195. The van der Waals surface area contributed by atoms with Gasteiger partial charge in [0.15, 0.2) is 0 Å². The molecule has 74 valence electrons. The molecule has 1 amide bonds. The normalized spacial score (nSPS) is 21.0. The third-order valence-corrected chi connectivity index (χ3v) is 2.59. The summed E-state index contributed by atoms with van der Waals surface area (Å²) in [4.78, 5) is 11.0. The number of nitrogens with one attached hydrogen (secondary N) is 1. The van der Waals surface area contributed by atoms with E-state index in [1.54, 1.807) is 19.1 Å². The maximum Gasteiger partial charge on any atom is 0.220 e. The molecule has 1 aliphatic heterocycles. The van der Waals surface area contributed by atoms with Gasteiger partial charge in [0.05, 0.1) is 6.04 Å². The number of carbonyl (C=O) groups excluding carboxylic acids is 1. The zero-order valence-corrected chi connectivity index (χ0v) is 8.01. The van der Waals surface area contributed by atoms with E-state index >= 15 is 0 Å². The van der Waals surface area contributed by atoms with Crippen molar-refractivity contribution in [3.05, 3.63) is 35.1 Å². The van der Waals surface area contributed by atoms with Crippen molar-refractivity contribution < 1.29 is 9.18 Å². The largest absolute Gasteiger partial charge is 0.349 e. The minimum Gasteiger partial charge on any atom is -0.349 e. The Morgan fingerprint density at radius 3 is 2.93 bits per heavy atom. The zero-order chi connectivity index (χ0) is 10.1. The summed E-state index contributed by atoms with van der Waals surface area (Å²) >= 11 is 0. The number of hydrogen-bond acceptors (Lipinski definition) is 1. The molecule has 0 aromatic heterocycles. The molecule has 0 radical (unpaired) electrons. The monoisotopic (exact) mass is 193 g/mol. The van der Waals surface area contributed by atoms with Crippen LogP contribution in [-0.2, 0) is 4.79 Å². The van der Waals surface area contributed by atoms with Crippen LogP contribution < -0.4 is 5.32 Å². The molecule has 1 N–H and O–H groups in total. The van der Waals surface area contributed by atoms with Crippen LogP contribution in [0.15, 0.2) is 18.2 Å². The van der Waals surface area contributed by atoms with Crippen LogP contribution in [0.5, 0.6) is 0 Å². The molecular weight excluding hydrogens is 181 g/mol. The second-order valence-electron chi connectivity index (χ2n) is 3.64. The summed E-state index contributed by atoms with van der Waals surface area (Å²) in [5, 5.41) is 2.76. The van der Waals surface area contributed by atoms with Gasteiger partial charge in [-0.1, -0.05) is 18.2 Å². The predicted molar refractivity (Wildman–Crippen MR) is 51.3 cm³/mol. The Morgan fingerprint density at radius 2 is 2.29 bits per heavy atom. The van der Waals surface area contributed by atoms with E-state index in [4.69, 9.17) is 0 Å². The van der Waals surface area contributed by atoms with Gasteiger partial charge in [-0.2, -0.15) is 0 Å². The van der Waals surface area contributed by atoms with Crippen LogP contribution in [0.1, 0.15) is 30.0 Å². The van der Waals surface area contributed by atoms with Crippen LogP contribution in [0.4, 0.5) is 4.39 Å². The van der Waals surface area contributed by atoms with Crippen molar-refractivity contribution in [2.45, 2.75) is 25.8 Å². The number of aryl methyl sites for hydroxylation is 1. The number of carbonyl (C=O) groups is 1. The van der Waals surface area contributed by atoms with Crippen LogP contribution in [-0.4, -0.2) is 5.91 Å². The average molecular weight is 193 g/mol. The molecular formula is C11H12FNO. The molecule has 1 saturated heterocycles. The van der Waals surface area contributed by atoms with E-state index in [2.05, 4.69) is 5.32 Å². The lowest BCUT2D eigenvalue weighted by molar-refractivity contribution is -0.119. The van der Waals surface area contributed by atoms with Crippen molar-refractivity contribution in [3.63, 3.8) is 0 Å². The third kappa shape index (κ3) is 1.50. The highest BCUT2D eigenvalue weighted by molar-refractivity contribution is 5.78. The molecule has 1 fully saturated rings. The van der Waals surface area contributed by atoms with Crippen molar-refractivity contribution in [2.75, 3.05) is 0 Å². The van der Waals surface area contributed by atoms with Gasteiger partial charge >= 0.3 is 0 Å². The Kier molecular flexibility index (Phi) is 2.23. The van der Waals surface area contributed by atoms with Crippen molar-refractivity contribution >= 4 is 5.91 Å². The lowest BCUT2D eigenvalue weighted by atomic mass is 10.0. The highest BCUT2D eigenvalue weighted by atomic mass is 19.1. The van der Waals surface area contributed by atoms with E-state index in [1.165, 1.54) is 0 Å². The van der Waals surface area contributed by atoms with Gasteiger partial charge in [0.1, 0.15) is 5.82 Å². The first-order valence-corrected chi connectivity index (χ1v) is 4.73. The fourth-order valence-electron chi connectivity index (χ4n) is 1.79. The molecule has 0 bridgehead atoms. The Bertz CT molecular complexity index is 376. The van der Waals surface area contributed by atoms with Crippen molar-refractivity contribution in [1.29, 1.82) is 0 Å². The van der Waals surface area contributed by atoms with Gasteiger partial charge in [-0.25, -0.2) is 4.39 Å². The Morgan fingerprint density at radius 1 is 1.50 bits per heavy atom. The first-order valence-electron chi connectivity index (χ1n) is 4.73. The summed E-state index contributed by atoms with van der Waals surface area (Å²) in [5.74, 6) is -0.185. The number of amides is 1. The molecule has 1 heterocycles. The van der Waals surface area contributed by atoms with Crippen LogP contribution in [0.2, 0.25) is 0 Å². The fourth-order valence-corrected chi connectivity index (χ4v) is 1.79. The first kappa shape index (κ1) is 9.19. The Labute approximate surface area is 82.1 Å². The fraction of sp³-hybridized carbons (Fsp3) is 0.364. The summed E-state index contributed by atoms with van der Waals surface area (Å²) in [6, 6.07) is 5.15. The molecule has 1 aliphatic rings. The van der Waals surface area contributed by atoms with E-state index < -0.39 is 0 Å². The Balaban J connectivity index is 2.32. The highest BCUT2D eigenvalue weighted by Crippen LogP contribution is 2.26. The summed E-state index contributed by atoms with van der Waals surface area (Å²) in [6.07, 6.45) is 1.19. The zero-order valence-electron chi connectivity index (χ0n) is 8.01. The topological polar surface area (TPSA) is 29.1 Å². The standard InChI is InChI=1S/C11H12FNO/c1-7-3-2-4-8(11(7)12)9-5-6-10(14)13-9/h2-4,9H,5-6H2,1H3,(H,13,14)/t9-/m0/s1. The molecule has 1 aromatic carbocycles. The van der Waals surface area contributed by atoms with E-state index in [0.717, 1.165) is 0 Å². The molecule has 2 rings (SSSR count). The smallest absolute Gasteiger partial charge is 0.220 e. The molecule has 14 heavy (non-hydrogen) atoms. The SMILES string of the molecule is Cc1cccc([C@@H]2CCC(=O)N2)c1F. The molecule has 0 spiro atoms. The second kappa shape index (κ2) is 3.40. The average Bonchev–Trinajstić information content (AvgIpc) is 2.57. The van der Waals surface area contributed by atoms with Crippen LogP contribution >= 0.6 is 0 Å². The Hall–Kier alpha value is -1.38. The number of hydrogen-bond donors (Lipinski definition) is 1. The molecule has 1 atom stereocenters. The number of halogens is 1. The molecule has 0 aliphatic carbocycles. The second-order valence-corrected chi connectivity index (χ2v) is 3.64. The predicted octanol–water partition coefficient (Wildman–Crippen LogP) is 2.09. The molecule has 1 aromatic rings.